The Morgan fingerprint density at radius 1 is 1.08 bits per heavy atom. The maximum absolute atomic E-state index is 14.2. The molecule has 11 heteroatoms. The molecule has 1 aromatic carbocycles. The van der Waals surface area contributed by atoms with E-state index in [0.717, 1.165) is 50.1 Å². The van der Waals surface area contributed by atoms with E-state index in [2.05, 4.69) is 9.88 Å². The zero-order valence-electron chi connectivity index (χ0n) is 21.7. The highest BCUT2D eigenvalue weighted by Gasteiger charge is 2.34. The number of benzene rings is 1. The molecule has 2 aliphatic heterocycles. The van der Waals surface area contributed by atoms with Crippen molar-refractivity contribution >= 4 is 40.6 Å². The fraction of sp³-hybridized carbons (Fsp3) is 0.429. The summed E-state index contributed by atoms with van der Waals surface area (Å²) >= 11 is 12.8. The second-order valence-corrected chi connectivity index (χ2v) is 11.1. The number of aromatic nitrogens is 2. The Balaban J connectivity index is 1.40. The molecule has 3 aromatic rings. The smallest absolute Gasteiger partial charge is 0.311 e. The number of likely N-dealkylation sites (tertiary alicyclic amines) is 2. The van der Waals surface area contributed by atoms with Gasteiger partial charge in [0.25, 0.3) is 5.91 Å². The molecule has 1 atom stereocenters. The quantitative estimate of drug-likeness (QED) is 0.261. The first kappa shape index (κ1) is 27.4. The largest absolute Gasteiger partial charge is 0.378 e. The van der Waals surface area contributed by atoms with Crippen molar-refractivity contribution in [2.45, 2.75) is 51.1 Å². The lowest BCUT2D eigenvalue weighted by atomic mass is 10.0. The molecule has 2 saturated heterocycles. The lowest BCUT2D eigenvalue weighted by molar-refractivity contribution is -0.384. The van der Waals surface area contributed by atoms with Gasteiger partial charge in [-0.05, 0) is 75.9 Å². The van der Waals surface area contributed by atoms with Crippen LogP contribution in [-0.4, -0.2) is 62.4 Å². The average molecular weight is 572 g/mol. The van der Waals surface area contributed by atoms with Crippen LogP contribution in [0.2, 0.25) is 10.0 Å². The summed E-state index contributed by atoms with van der Waals surface area (Å²) in [6.07, 6.45) is 7.60. The fourth-order valence-electron chi connectivity index (χ4n) is 5.75. The topological polar surface area (TPSA) is 111 Å². The molecule has 0 radical (unpaired) electrons. The van der Waals surface area contributed by atoms with Crippen molar-refractivity contribution < 1.29 is 9.72 Å². The number of halogens is 2. The summed E-state index contributed by atoms with van der Waals surface area (Å²) in [5.41, 5.74) is 8.41. The average Bonchev–Trinajstić information content (AvgIpc) is 3.66. The summed E-state index contributed by atoms with van der Waals surface area (Å²) in [6.45, 7) is 4.41. The third-order valence-electron chi connectivity index (χ3n) is 7.68. The number of nitrogens with zero attached hydrogens (tertiary/aromatic N) is 5. The highest BCUT2D eigenvalue weighted by molar-refractivity contribution is 6.36. The third kappa shape index (κ3) is 6.05. The lowest BCUT2D eigenvalue weighted by Crippen LogP contribution is -2.43. The van der Waals surface area contributed by atoms with Gasteiger partial charge in [-0.1, -0.05) is 29.3 Å². The third-order valence-corrected chi connectivity index (χ3v) is 8.23. The molecule has 39 heavy (non-hydrogen) atoms. The van der Waals surface area contributed by atoms with Crippen molar-refractivity contribution in [3.05, 3.63) is 74.1 Å². The molecule has 0 aliphatic carbocycles. The van der Waals surface area contributed by atoms with E-state index < -0.39 is 4.92 Å². The van der Waals surface area contributed by atoms with Crippen LogP contribution in [0, 0.1) is 10.1 Å². The molecule has 2 fully saturated rings. The Kier molecular flexibility index (Phi) is 8.40. The Morgan fingerprint density at radius 2 is 1.87 bits per heavy atom. The number of hydrogen-bond donors (Lipinski definition) is 1. The van der Waals surface area contributed by atoms with E-state index in [4.69, 9.17) is 28.9 Å². The van der Waals surface area contributed by atoms with Crippen LogP contribution in [0.3, 0.4) is 0 Å². The van der Waals surface area contributed by atoms with Crippen LogP contribution < -0.4 is 5.73 Å². The lowest BCUT2D eigenvalue weighted by Gasteiger charge is -2.29. The van der Waals surface area contributed by atoms with Crippen molar-refractivity contribution in [2.24, 2.45) is 0 Å². The SMILES string of the molecule is Nc1nc(CCCn2ccc(-c3ccc(Cl)cc3Cl)c2C(=O)N2CCC[C@H]2CN2CCCC2)ccc1[N+](=O)[O-]. The molecule has 9 nitrogen and oxygen atoms in total. The Hall–Kier alpha value is -3.14. The monoisotopic (exact) mass is 570 g/mol. The molecule has 206 valence electrons. The van der Waals surface area contributed by atoms with Crippen LogP contribution in [0.1, 0.15) is 48.3 Å². The minimum absolute atomic E-state index is 0.0143. The van der Waals surface area contributed by atoms with Crippen molar-refractivity contribution in [3.8, 4) is 11.1 Å². The number of aryl methyl sites for hydroxylation is 2. The maximum atomic E-state index is 14.2. The van der Waals surface area contributed by atoms with E-state index in [0.29, 0.717) is 40.8 Å². The first-order valence-corrected chi connectivity index (χ1v) is 14.1. The van der Waals surface area contributed by atoms with Gasteiger partial charge in [0.05, 0.1) is 4.92 Å². The van der Waals surface area contributed by atoms with Gasteiger partial charge in [0.1, 0.15) is 5.69 Å². The van der Waals surface area contributed by atoms with Gasteiger partial charge in [0, 0.05) is 64.8 Å². The molecule has 0 bridgehead atoms. The van der Waals surface area contributed by atoms with Gasteiger partial charge in [0.2, 0.25) is 5.82 Å². The number of rotatable bonds is 9. The first-order chi connectivity index (χ1) is 18.8. The Morgan fingerprint density at radius 3 is 2.59 bits per heavy atom. The van der Waals surface area contributed by atoms with Gasteiger partial charge in [0.15, 0.2) is 0 Å². The van der Waals surface area contributed by atoms with Crippen LogP contribution in [0.25, 0.3) is 11.1 Å². The summed E-state index contributed by atoms with van der Waals surface area (Å²) in [5, 5.41) is 12.1. The molecule has 1 amide bonds. The van der Waals surface area contributed by atoms with E-state index in [1.165, 1.54) is 18.9 Å². The van der Waals surface area contributed by atoms with Crippen molar-refractivity contribution in [1.29, 1.82) is 0 Å². The highest BCUT2D eigenvalue weighted by Crippen LogP contribution is 2.35. The zero-order valence-corrected chi connectivity index (χ0v) is 23.2. The molecule has 4 heterocycles. The number of pyridine rings is 1. The molecular formula is C28H32Cl2N6O3. The van der Waals surface area contributed by atoms with Crippen LogP contribution in [0.15, 0.2) is 42.6 Å². The van der Waals surface area contributed by atoms with Crippen molar-refractivity contribution in [3.63, 3.8) is 0 Å². The summed E-state index contributed by atoms with van der Waals surface area (Å²) < 4.78 is 1.99. The van der Waals surface area contributed by atoms with E-state index >= 15 is 0 Å². The molecule has 2 N–H and O–H groups in total. The minimum Gasteiger partial charge on any atom is -0.378 e. The summed E-state index contributed by atoms with van der Waals surface area (Å²) in [7, 11) is 0. The van der Waals surface area contributed by atoms with Gasteiger partial charge in [-0.15, -0.1) is 0 Å². The summed E-state index contributed by atoms with van der Waals surface area (Å²) in [6, 6.07) is 10.5. The van der Waals surface area contributed by atoms with Crippen LogP contribution >= 0.6 is 23.2 Å². The van der Waals surface area contributed by atoms with Crippen LogP contribution in [-0.2, 0) is 13.0 Å². The normalized spacial score (nSPS) is 17.7. The number of carbonyl (C=O) groups excluding carboxylic acids is 1. The summed E-state index contributed by atoms with van der Waals surface area (Å²) in [4.78, 5) is 33.4. The number of amides is 1. The van der Waals surface area contributed by atoms with Gasteiger partial charge >= 0.3 is 5.69 Å². The van der Waals surface area contributed by atoms with Gasteiger partial charge in [-0.2, -0.15) is 0 Å². The summed E-state index contributed by atoms with van der Waals surface area (Å²) in [5.74, 6) is -0.0764. The second-order valence-electron chi connectivity index (χ2n) is 10.3. The second kappa shape index (κ2) is 11.9. The Labute approximate surface area is 237 Å². The number of nitrogens with two attached hydrogens (primary N) is 1. The highest BCUT2D eigenvalue weighted by atomic mass is 35.5. The molecule has 5 rings (SSSR count). The first-order valence-electron chi connectivity index (χ1n) is 13.4. The van der Waals surface area contributed by atoms with Crippen LogP contribution in [0.5, 0.6) is 0 Å². The predicted molar refractivity (Wildman–Crippen MR) is 153 cm³/mol. The number of nitro groups is 1. The number of hydrogen-bond acceptors (Lipinski definition) is 6. The van der Waals surface area contributed by atoms with E-state index in [1.54, 1.807) is 18.2 Å². The predicted octanol–water partition coefficient (Wildman–Crippen LogP) is 5.68. The molecule has 0 spiro atoms. The fourth-order valence-corrected chi connectivity index (χ4v) is 6.26. The molecule has 2 aliphatic rings. The van der Waals surface area contributed by atoms with Crippen LogP contribution in [0.4, 0.5) is 11.5 Å². The molecule has 0 unspecified atom stereocenters. The number of carbonyl (C=O) groups is 1. The molecular weight excluding hydrogens is 539 g/mol. The van der Waals surface area contributed by atoms with Crippen molar-refractivity contribution in [2.75, 3.05) is 31.9 Å². The minimum atomic E-state index is -0.539. The standard InChI is InChI=1S/C28H32Cl2N6O3/c29-19-7-9-22(24(30)17-19)23-11-16-34(14-3-5-20-8-10-25(36(38)39)27(31)32-20)26(23)28(37)35-15-4-6-21(35)18-33-12-1-2-13-33/h7-11,16-17,21H,1-6,12-15,18H2,(H2,31,32)/t21-/m0/s1. The Bertz CT molecular complexity index is 1370. The van der Waals surface area contributed by atoms with Gasteiger partial charge in [-0.25, -0.2) is 4.98 Å². The van der Waals surface area contributed by atoms with Gasteiger partial charge in [-0.3, -0.25) is 14.9 Å². The van der Waals surface area contributed by atoms with Gasteiger partial charge < -0.3 is 20.1 Å². The van der Waals surface area contributed by atoms with E-state index in [9.17, 15) is 14.9 Å². The van der Waals surface area contributed by atoms with Crippen molar-refractivity contribution in [1.82, 2.24) is 19.4 Å². The zero-order chi connectivity index (χ0) is 27.5. The number of nitrogen functional groups attached to an aromatic ring is 1. The maximum Gasteiger partial charge on any atom is 0.311 e. The molecule has 2 aromatic heterocycles. The van der Waals surface area contributed by atoms with E-state index in [-0.39, 0.29) is 23.5 Å². The van der Waals surface area contributed by atoms with E-state index in [1.807, 2.05) is 27.8 Å². The number of anilines is 1. The molecule has 0 saturated carbocycles.